The summed E-state index contributed by atoms with van der Waals surface area (Å²) in [6.07, 6.45) is 6.86. The van der Waals surface area contributed by atoms with Gasteiger partial charge in [0.25, 0.3) is 5.91 Å². The molecular formula is C14H22N2O2. The minimum Gasteiger partial charge on any atom is -0.469 e. The molecule has 18 heavy (non-hydrogen) atoms. The summed E-state index contributed by atoms with van der Waals surface area (Å²) in [7, 11) is 0. The maximum absolute atomic E-state index is 12.2. The zero-order valence-electron chi connectivity index (χ0n) is 10.9. The number of nitrogens with two attached hydrogens (primary N) is 1. The molecule has 0 spiro atoms. The quantitative estimate of drug-likeness (QED) is 0.859. The minimum atomic E-state index is -0.0223. The fourth-order valence-electron chi connectivity index (χ4n) is 2.74. The Labute approximate surface area is 108 Å². The summed E-state index contributed by atoms with van der Waals surface area (Å²) in [6, 6.07) is 1.96. The van der Waals surface area contributed by atoms with Gasteiger partial charge in [-0.15, -0.1) is 0 Å². The first-order valence-electron chi connectivity index (χ1n) is 6.83. The normalized spacial score (nSPS) is 23.9. The standard InChI is InChI=1S/C14H22N2O2/c1-2-13-11(7-8-18-13)14(17)16-12-6-4-3-5-10(12)9-15/h7-8,10,12H,2-6,9,15H2,1H3,(H,16,17). The number of amides is 1. The summed E-state index contributed by atoms with van der Waals surface area (Å²) in [5, 5.41) is 3.12. The Bertz CT molecular complexity index is 400. The van der Waals surface area contributed by atoms with Gasteiger partial charge in [0, 0.05) is 12.5 Å². The van der Waals surface area contributed by atoms with E-state index in [0.717, 1.165) is 25.0 Å². The summed E-state index contributed by atoms with van der Waals surface area (Å²) in [5.41, 5.74) is 6.44. The third kappa shape index (κ3) is 2.75. The average Bonchev–Trinajstić information content (AvgIpc) is 2.87. The van der Waals surface area contributed by atoms with Crippen molar-refractivity contribution in [2.75, 3.05) is 6.54 Å². The first-order chi connectivity index (χ1) is 8.76. The maximum atomic E-state index is 12.2. The highest BCUT2D eigenvalue weighted by atomic mass is 16.3. The van der Waals surface area contributed by atoms with Gasteiger partial charge in [0.1, 0.15) is 5.76 Å². The van der Waals surface area contributed by atoms with Crippen LogP contribution in [0.25, 0.3) is 0 Å². The van der Waals surface area contributed by atoms with E-state index in [4.69, 9.17) is 10.2 Å². The second-order valence-electron chi connectivity index (χ2n) is 4.97. The summed E-state index contributed by atoms with van der Waals surface area (Å²) in [4.78, 5) is 12.2. The molecule has 0 saturated heterocycles. The van der Waals surface area contributed by atoms with Gasteiger partial charge in [0.15, 0.2) is 0 Å². The van der Waals surface area contributed by atoms with E-state index < -0.39 is 0 Å². The highest BCUT2D eigenvalue weighted by Gasteiger charge is 2.26. The maximum Gasteiger partial charge on any atom is 0.255 e. The van der Waals surface area contributed by atoms with E-state index in [1.165, 1.54) is 12.8 Å². The van der Waals surface area contributed by atoms with Gasteiger partial charge in [0.2, 0.25) is 0 Å². The Morgan fingerprint density at radius 1 is 1.50 bits per heavy atom. The molecule has 2 unspecified atom stereocenters. The molecule has 4 heteroatoms. The molecule has 1 aromatic rings. The van der Waals surface area contributed by atoms with E-state index in [1.54, 1.807) is 12.3 Å². The third-order valence-corrected chi connectivity index (χ3v) is 3.84. The second-order valence-corrected chi connectivity index (χ2v) is 4.97. The van der Waals surface area contributed by atoms with Crippen LogP contribution < -0.4 is 11.1 Å². The molecular weight excluding hydrogens is 228 g/mol. The molecule has 0 radical (unpaired) electrons. The Morgan fingerprint density at radius 3 is 3.00 bits per heavy atom. The van der Waals surface area contributed by atoms with Crippen LogP contribution in [0.2, 0.25) is 0 Å². The largest absolute Gasteiger partial charge is 0.469 e. The van der Waals surface area contributed by atoms with Gasteiger partial charge in [-0.3, -0.25) is 4.79 Å². The lowest BCUT2D eigenvalue weighted by Gasteiger charge is -2.31. The van der Waals surface area contributed by atoms with Crippen molar-refractivity contribution in [1.82, 2.24) is 5.32 Å². The van der Waals surface area contributed by atoms with Gasteiger partial charge in [-0.2, -0.15) is 0 Å². The smallest absolute Gasteiger partial charge is 0.255 e. The van der Waals surface area contributed by atoms with E-state index in [9.17, 15) is 4.79 Å². The Kier molecular flexibility index (Phi) is 4.42. The van der Waals surface area contributed by atoms with Gasteiger partial charge >= 0.3 is 0 Å². The van der Waals surface area contributed by atoms with Gasteiger partial charge in [-0.05, 0) is 31.4 Å². The van der Waals surface area contributed by atoms with E-state index in [-0.39, 0.29) is 11.9 Å². The number of carbonyl (C=O) groups is 1. The van der Waals surface area contributed by atoms with Crippen molar-refractivity contribution in [3.8, 4) is 0 Å². The molecule has 100 valence electrons. The number of hydrogen-bond donors (Lipinski definition) is 2. The molecule has 4 nitrogen and oxygen atoms in total. The van der Waals surface area contributed by atoms with Crippen LogP contribution in [0.3, 0.4) is 0 Å². The van der Waals surface area contributed by atoms with Crippen LogP contribution in [0.4, 0.5) is 0 Å². The van der Waals surface area contributed by atoms with Crippen molar-refractivity contribution in [2.24, 2.45) is 11.7 Å². The molecule has 0 aliphatic heterocycles. The molecule has 1 aromatic heterocycles. The molecule has 1 heterocycles. The highest BCUT2D eigenvalue weighted by Crippen LogP contribution is 2.24. The van der Waals surface area contributed by atoms with Crippen molar-refractivity contribution in [1.29, 1.82) is 0 Å². The molecule has 0 bridgehead atoms. The van der Waals surface area contributed by atoms with E-state index >= 15 is 0 Å². The van der Waals surface area contributed by atoms with Gasteiger partial charge in [-0.25, -0.2) is 0 Å². The average molecular weight is 250 g/mol. The molecule has 0 aromatic carbocycles. The van der Waals surface area contributed by atoms with Crippen molar-refractivity contribution in [3.63, 3.8) is 0 Å². The predicted octanol–water partition coefficient (Wildman–Crippen LogP) is 2.09. The van der Waals surface area contributed by atoms with E-state index in [0.29, 0.717) is 18.0 Å². The number of carbonyl (C=O) groups excluding carboxylic acids is 1. The lowest BCUT2D eigenvalue weighted by molar-refractivity contribution is 0.0906. The van der Waals surface area contributed by atoms with Crippen molar-refractivity contribution >= 4 is 5.91 Å². The lowest BCUT2D eigenvalue weighted by atomic mass is 9.84. The van der Waals surface area contributed by atoms with Gasteiger partial charge in [-0.1, -0.05) is 19.8 Å². The fourth-order valence-corrected chi connectivity index (χ4v) is 2.74. The molecule has 3 N–H and O–H groups in total. The Hall–Kier alpha value is -1.29. The molecule has 1 aliphatic carbocycles. The van der Waals surface area contributed by atoms with Crippen LogP contribution in [-0.2, 0) is 6.42 Å². The molecule has 2 atom stereocenters. The molecule has 1 aliphatic rings. The van der Waals surface area contributed by atoms with Crippen molar-refractivity contribution in [2.45, 2.75) is 45.1 Å². The molecule has 1 saturated carbocycles. The van der Waals surface area contributed by atoms with Crippen LogP contribution >= 0.6 is 0 Å². The zero-order chi connectivity index (χ0) is 13.0. The van der Waals surface area contributed by atoms with Crippen molar-refractivity contribution < 1.29 is 9.21 Å². The number of furan rings is 1. The number of aryl methyl sites for hydroxylation is 1. The monoisotopic (exact) mass is 250 g/mol. The van der Waals surface area contributed by atoms with Crippen LogP contribution in [0.5, 0.6) is 0 Å². The topological polar surface area (TPSA) is 68.3 Å². The van der Waals surface area contributed by atoms with E-state index in [1.807, 2.05) is 6.92 Å². The molecule has 1 fully saturated rings. The van der Waals surface area contributed by atoms with Crippen LogP contribution in [0.1, 0.15) is 48.7 Å². The first kappa shape index (κ1) is 13.1. The van der Waals surface area contributed by atoms with Gasteiger partial charge in [0.05, 0.1) is 11.8 Å². The second kappa shape index (κ2) is 6.05. The number of nitrogens with one attached hydrogen (secondary N) is 1. The Balaban J connectivity index is 2.02. The highest BCUT2D eigenvalue weighted by molar-refractivity contribution is 5.95. The zero-order valence-corrected chi connectivity index (χ0v) is 10.9. The third-order valence-electron chi connectivity index (χ3n) is 3.84. The Morgan fingerprint density at radius 2 is 2.28 bits per heavy atom. The van der Waals surface area contributed by atoms with Crippen LogP contribution in [0.15, 0.2) is 16.7 Å². The molecule has 1 amide bonds. The summed E-state index contributed by atoms with van der Waals surface area (Å²) in [6.45, 7) is 2.63. The number of rotatable bonds is 4. The predicted molar refractivity (Wildman–Crippen MR) is 70.4 cm³/mol. The minimum absolute atomic E-state index is 0.0223. The summed E-state index contributed by atoms with van der Waals surface area (Å²) < 4.78 is 5.29. The van der Waals surface area contributed by atoms with Crippen LogP contribution in [-0.4, -0.2) is 18.5 Å². The summed E-state index contributed by atoms with van der Waals surface area (Å²) >= 11 is 0. The number of hydrogen-bond acceptors (Lipinski definition) is 3. The van der Waals surface area contributed by atoms with Gasteiger partial charge < -0.3 is 15.5 Å². The SMILES string of the molecule is CCc1occc1C(=O)NC1CCCCC1CN. The van der Waals surface area contributed by atoms with E-state index in [2.05, 4.69) is 5.32 Å². The van der Waals surface area contributed by atoms with Crippen LogP contribution in [0, 0.1) is 5.92 Å². The first-order valence-corrected chi connectivity index (χ1v) is 6.83. The molecule has 2 rings (SSSR count). The summed E-state index contributed by atoms with van der Waals surface area (Å²) in [5.74, 6) is 1.15. The lowest BCUT2D eigenvalue weighted by Crippen LogP contribution is -2.44. The van der Waals surface area contributed by atoms with Crippen molar-refractivity contribution in [3.05, 3.63) is 23.7 Å². The fraction of sp³-hybridized carbons (Fsp3) is 0.643.